The first kappa shape index (κ1) is 13.6. The van der Waals surface area contributed by atoms with Crippen molar-refractivity contribution in [1.29, 1.82) is 0 Å². The maximum absolute atomic E-state index is 4.67. The van der Waals surface area contributed by atoms with E-state index in [4.69, 9.17) is 0 Å². The van der Waals surface area contributed by atoms with Gasteiger partial charge in [0.05, 0.1) is 5.69 Å². The Morgan fingerprint density at radius 3 is 2.94 bits per heavy atom. The number of hydrogen-bond donors (Lipinski definition) is 1. The predicted octanol–water partition coefficient (Wildman–Crippen LogP) is 1.57. The normalized spacial score (nSPS) is 15.4. The number of nitrogens with zero attached hydrogens (tertiary/aromatic N) is 3. The molecule has 2 rings (SSSR count). The highest BCUT2D eigenvalue weighted by Gasteiger charge is 2.17. The Morgan fingerprint density at radius 1 is 1.44 bits per heavy atom. The molecule has 0 amide bonds. The van der Waals surface area contributed by atoms with Crippen molar-refractivity contribution >= 4 is 0 Å². The molecule has 0 spiro atoms. The Bertz CT molecular complexity index is 395. The quantitative estimate of drug-likeness (QED) is 0.861. The van der Waals surface area contributed by atoms with Gasteiger partial charge in [-0.15, -0.1) is 0 Å². The Kier molecular flexibility index (Phi) is 4.40. The van der Waals surface area contributed by atoms with E-state index in [1.807, 2.05) is 0 Å². The first-order chi connectivity index (χ1) is 8.59. The van der Waals surface area contributed by atoms with E-state index in [9.17, 15) is 0 Å². The average Bonchev–Trinajstić information content (AvgIpc) is 2.65. The van der Waals surface area contributed by atoms with Crippen LogP contribution in [0.5, 0.6) is 0 Å². The highest BCUT2D eigenvalue weighted by molar-refractivity contribution is 5.19. The van der Waals surface area contributed by atoms with Crippen molar-refractivity contribution in [2.45, 2.75) is 52.7 Å². The van der Waals surface area contributed by atoms with Gasteiger partial charge >= 0.3 is 0 Å². The van der Waals surface area contributed by atoms with E-state index in [1.165, 1.54) is 23.6 Å². The van der Waals surface area contributed by atoms with Gasteiger partial charge < -0.3 is 14.8 Å². The maximum Gasteiger partial charge on any atom is 0.106 e. The first-order valence-corrected chi connectivity index (χ1v) is 7.05. The van der Waals surface area contributed by atoms with Crippen LogP contribution in [0.2, 0.25) is 0 Å². The third kappa shape index (κ3) is 2.93. The molecule has 1 aliphatic rings. The summed E-state index contributed by atoms with van der Waals surface area (Å²) in [5.74, 6) is 1.18. The minimum Gasteiger partial charge on any atom is -0.332 e. The van der Waals surface area contributed by atoms with Crippen molar-refractivity contribution in [3.63, 3.8) is 0 Å². The molecule has 0 unspecified atom stereocenters. The van der Waals surface area contributed by atoms with E-state index in [-0.39, 0.29) is 0 Å². The van der Waals surface area contributed by atoms with Crippen LogP contribution in [0.3, 0.4) is 0 Å². The third-order valence-electron chi connectivity index (χ3n) is 3.95. The summed E-state index contributed by atoms with van der Waals surface area (Å²) in [5.41, 5.74) is 2.72. The van der Waals surface area contributed by atoms with Gasteiger partial charge in [0.2, 0.25) is 0 Å². The van der Waals surface area contributed by atoms with Crippen LogP contribution in [0.15, 0.2) is 0 Å². The summed E-state index contributed by atoms with van der Waals surface area (Å²) in [6.45, 7) is 10.9. The molecule has 1 aromatic rings. The largest absolute Gasteiger partial charge is 0.332 e. The summed E-state index contributed by atoms with van der Waals surface area (Å²) in [4.78, 5) is 7.07. The lowest BCUT2D eigenvalue weighted by atomic mass is 10.2. The molecular formula is C14H26N4. The zero-order valence-corrected chi connectivity index (χ0v) is 12.2. The highest BCUT2D eigenvalue weighted by Crippen LogP contribution is 2.16. The second-order valence-electron chi connectivity index (χ2n) is 5.56. The van der Waals surface area contributed by atoms with Crippen LogP contribution >= 0.6 is 0 Å². The molecule has 18 heavy (non-hydrogen) atoms. The molecule has 0 atom stereocenters. The molecule has 1 aliphatic heterocycles. The van der Waals surface area contributed by atoms with Crippen LogP contribution in [0.1, 0.15) is 37.5 Å². The predicted molar refractivity (Wildman–Crippen MR) is 74.8 cm³/mol. The Labute approximate surface area is 110 Å². The standard InChI is InChI=1S/C14H26N4/c1-11(2)17(4)8-5-9-18-12(3)16-13-10-15-7-6-14(13)18/h11,15H,5-10H2,1-4H3. The van der Waals surface area contributed by atoms with Gasteiger partial charge in [-0.3, -0.25) is 0 Å². The fourth-order valence-electron chi connectivity index (χ4n) is 2.54. The lowest BCUT2D eigenvalue weighted by Crippen LogP contribution is -2.28. The summed E-state index contributed by atoms with van der Waals surface area (Å²) in [6, 6.07) is 0.631. The molecule has 0 saturated heterocycles. The van der Waals surface area contributed by atoms with Crippen molar-refractivity contribution in [3.8, 4) is 0 Å². The maximum atomic E-state index is 4.67. The van der Waals surface area contributed by atoms with Crippen molar-refractivity contribution < 1.29 is 0 Å². The summed E-state index contributed by atoms with van der Waals surface area (Å²) in [6.07, 6.45) is 2.32. The van der Waals surface area contributed by atoms with Gasteiger partial charge in [0.1, 0.15) is 5.82 Å². The molecule has 2 heterocycles. The molecule has 0 aromatic carbocycles. The van der Waals surface area contributed by atoms with E-state index in [1.54, 1.807) is 0 Å². The number of aromatic nitrogens is 2. The molecule has 4 nitrogen and oxygen atoms in total. The molecule has 0 aliphatic carbocycles. The van der Waals surface area contributed by atoms with Crippen LogP contribution in [0.4, 0.5) is 0 Å². The first-order valence-electron chi connectivity index (χ1n) is 7.05. The second-order valence-corrected chi connectivity index (χ2v) is 5.56. The van der Waals surface area contributed by atoms with Crippen LogP contribution in [-0.4, -0.2) is 40.6 Å². The topological polar surface area (TPSA) is 33.1 Å². The Balaban J connectivity index is 1.95. The van der Waals surface area contributed by atoms with Crippen molar-refractivity contribution in [1.82, 2.24) is 19.8 Å². The zero-order chi connectivity index (χ0) is 13.1. The van der Waals surface area contributed by atoms with E-state index in [2.05, 4.69) is 47.6 Å². The van der Waals surface area contributed by atoms with E-state index < -0.39 is 0 Å². The zero-order valence-electron chi connectivity index (χ0n) is 12.2. The molecular weight excluding hydrogens is 224 g/mol. The van der Waals surface area contributed by atoms with E-state index in [0.717, 1.165) is 32.6 Å². The number of aryl methyl sites for hydroxylation is 1. The van der Waals surface area contributed by atoms with Gasteiger partial charge in [0, 0.05) is 37.8 Å². The molecule has 0 radical (unpaired) electrons. The molecule has 0 saturated carbocycles. The molecule has 4 heteroatoms. The summed E-state index contributed by atoms with van der Waals surface area (Å²) >= 11 is 0. The van der Waals surface area contributed by atoms with Crippen molar-refractivity contribution in [2.24, 2.45) is 0 Å². The number of nitrogens with one attached hydrogen (secondary N) is 1. The molecule has 1 N–H and O–H groups in total. The fourth-order valence-corrected chi connectivity index (χ4v) is 2.54. The summed E-state index contributed by atoms with van der Waals surface area (Å²) < 4.78 is 2.42. The minimum atomic E-state index is 0.631. The smallest absolute Gasteiger partial charge is 0.106 e. The lowest BCUT2D eigenvalue weighted by molar-refractivity contribution is 0.264. The fraction of sp³-hybridized carbons (Fsp3) is 0.786. The Morgan fingerprint density at radius 2 is 2.22 bits per heavy atom. The number of hydrogen-bond acceptors (Lipinski definition) is 3. The molecule has 102 valence electrons. The van der Waals surface area contributed by atoms with Crippen LogP contribution in [0, 0.1) is 6.92 Å². The summed E-state index contributed by atoms with van der Waals surface area (Å²) in [5, 5.41) is 3.39. The van der Waals surface area contributed by atoms with Crippen LogP contribution < -0.4 is 5.32 Å². The van der Waals surface area contributed by atoms with Crippen LogP contribution in [-0.2, 0) is 19.5 Å². The van der Waals surface area contributed by atoms with Crippen molar-refractivity contribution in [2.75, 3.05) is 20.1 Å². The van der Waals surface area contributed by atoms with E-state index >= 15 is 0 Å². The van der Waals surface area contributed by atoms with Gasteiger partial charge in [0.25, 0.3) is 0 Å². The monoisotopic (exact) mass is 250 g/mol. The lowest BCUT2D eigenvalue weighted by Gasteiger charge is -2.21. The van der Waals surface area contributed by atoms with Gasteiger partial charge in [0.15, 0.2) is 0 Å². The molecule has 1 aromatic heterocycles. The third-order valence-corrected chi connectivity index (χ3v) is 3.95. The van der Waals surface area contributed by atoms with Gasteiger partial charge in [-0.1, -0.05) is 0 Å². The Hall–Kier alpha value is -0.870. The van der Waals surface area contributed by atoms with Gasteiger partial charge in [-0.2, -0.15) is 0 Å². The summed E-state index contributed by atoms with van der Waals surface area (Å²) in [7, 11) is 2.20. The molecule has 0 bridgehead atoms. The van der Waals surface area contributed by atoms with Crippen molar-refractivity contribution in [3.05, 3.63) is 17.2 Å². The second kappa shape index (κ2) is 5.85. The molecule has 0 fully saturated rings. The van der Waals surface area contributed by atoms with Gasteiger partial charge in [-0.25, -0.2) is 4.98 Å². The SMILES string of the molecule is Cc1nc2c(n1CCCN(C)C(C)C)CCNC2. The number of fused-ring (bicyclic) bond motifs is 1. The number of imidazole rings is 1. The van der Waals surface area contributed by atoms with Gasteiger partial charge in [-0.05, 0) is 40.8 Å². The number of rotatable bonds is 5. The highest BCUT2D eigenvalue weighted by atomic mass is 15.1. The average molecular weight is 250 g/mol. The van der Waals surface area contributed by atoms with Crippen LogP contribution in [0.25, 0.3) is 0 Å². The minimum absolute atomic E-state index is 0.631. The van der Waals surface area contributed by atoms with E-state index in [0.29, 0.717) is 6.04 Å².